The maximum absolute atomic E-state index is 11.9. The number of carboxylic acid groups (broad SMARTS) is 1. The zero-order valence-corrected chi connectivity index (χ0v) is 23.9. The number of carbonyl (C=O) groups is 1. The summed E-state index contributed by atoms with van der Waals surface area (Å²) in [6.45, 7) is 4.78. The van der Waals surface area contributed by atoms with Gasteiger partial charge in [-0.25, -0.2) is 4.79 Å². The van der Waals surface area contributed by atoms with E-state index in [-0.39, 0.29) is 0 Å². The average molecular weight is 549 g/mol. The number of benzene rings is 3. The maximum atomic E-state index is 11.9. The number of hydrogen-bond donors (Lipinski definition) is 1. The molecular formula is C36H40N2O3. The molecule has 0 spiro atoms. The highest BCUT2D eigenvalue weighted by Crippen LogP contribution is 2.49. The smallest absolute Gasteiger partial charge is 0.335 e. The van der Waals surface area contributed by atoms with Crippen molar-refractivity contribution in [3.63, 3.8) is 0 Å². The van der Waals surface area contributed by atoms with E-state index in [2.05, 4.69) is 58.0 Å². The van der Waals surface area contributed by atoms with Gasteiger partial charge < -0.3 is 19.3 Å². The van der Waals surface area contributed by atoms with Crippen LogP contribution in [0.5, 0.6) is 5.75 Å². The third-order valence-corrected chi connectivity index (χ3v) is 9.65. The summed E-state index contributed by atoms with van der Waals surface area (Å²) < 4.78 is 9.00. The first-order valence-electron chi connectivity index (χ1n) is 15.7. The van der Waals surface area contributed by atoms with Crippen LogP contribution in [0.4, 0.5) is 0 Å². The predicted molar refractivity (Wildman–Crippen MR) is 165 cm³/mol. The molecule has 4 aromatic rings. The monoisotopic (exact) mass is 548 g/mol. The zero-order chi connectivity index (χ0) is 27.8. The summed E-state index contributed by atoms with van der Waals surface area (Å²) in [5.74, 6) is 0.565. The van der Waals surface area contributed by atoms with Crippen LogP contribution < -0.4 is 4.74 Å². The van der Waals surface area contributed by atoms with E-state index < -0.39 is 5.97 Å². The van der Waals surface area contributed by atoms with Gasteiger partial charge in [-0.15, -0.1) is 0 Å². The maximum Gasteiger partial charge on any atom is 0.335 e. The van der Waals surface area contributed by atoms with Gasteiger partial charge in [0.15, 0.2) is 0 Å². The molecule has 3 heterocycles. The molecule has 7 rings (SSSR count). The number of aromatic nitrogens is 1. The van der Waals surface area contributed by atoms with Crippen molar-refractivity contribution in [2.24, 2.45) is 0 Å². The van der Waals surface area contributed by atoms with Crippen LogP contribution in [0, 0.1) is 0 Å². The van der Waals surface area contributed by atoms with Crippen molar-refractivity contribution in [3.8, 4) is 28.1 Å². The number of para-hydroxylation sites is 1. The van der Waals surface area contributed by atoms with Gasteiger partial charge in [-0.2, -0.15) is 0 Å². The number of piperidine rings is 1. The molecule has 0 atom stereocenters. The molecule has 0 radical (unpaired) electrons. The van der Waals surface area contributed by atoms with E-state index in [0.717, 1.165) is 35.4 Å². The molecular weight excluding hydrogens is 508 g/mol. The van der Waals surface area contributed by atoms with E-state index >= 15 is 0 Å². The third kappa shape index (κ3) is 4.95. The summed E-state index contributed by atoms with van der Waals surface area (Å²) in [5, 5.41) is 11.0. The highest BCUT2D eigenvalue weighted by molar-refractivity contribution is 5.99. The van der Waals surface area contributed by atoms with E-state index in [9.17, 15) is 9.90 Å². The Morgan fingerprint density at radius 2 is 1.59 bits per heavy atom. The lowest BCUT2D eigenvalue weighted by atomic mass is 9.81. The minimum absolute atomic E-state index is 0.342. The van der Waals surface area contributed by atoms with E-state index in [1.807, 2.05) is 6.07 Å². The first-order chi connectivity index (χ1) is 20.2. The summed E-state index contributed by atoms with van der Waals surface area (Å²) >= 11 is 0. The number of likely N-dealkylation sites (tertiary alicyclic amines) is 1. The zero-order valence-electron chi connectivity index (χ0n) is 23.9. The molecule has 1 saturated heterocycles. The summed E-state index contributed by atoms with van der Waals surface area (Å²) in [4.78, 5) is 14.6. The van der Waals surface area contributed by atoms with Crippen LogP contribution >= 0.6 is 0 Å². The molecule has 41 heavy (non-hydrogen) atoms. The minimum Gasteiger partial charge on any atom is -0.490 e. The van der Waals surface area contributed by atoms with Crippen LogP contribution in [0.25, 0.3) is 33.3 Å². The molecule has 2 aliphatic heterocycles. The van der Waals surface area contributed by atoms with Gasteiger partial charge in [-0.3, -0.25) is 0 Å². The molecule has 5 nitrogen and oxygen atoms in total. The molecule has 1 saturated carbocycles. The summed E-state index contributed by atoms with van der Waals surface area (Å²) in [6, 6.07) is 21.2. The van der Waals surface area contributed by atoms with Gasteiger partial charge in [-0.1, -0.05) is 68.1 Å². The van der Waals surface area contributed by atoms with Crippen molar-refractivity contribution in [2.75, 3.05) is 26.2 Å². The van der Waals surface area contributed by atoms with Crippen LogP contribution in [-0.2, 0) is 13.0 Å². The Morgan fingerprint density at radius 3 is 2.41 bits per heavy atom. The van der Waals surface area contributed by atoms with Crippen LogP contribution in [-0.4, -0.2) is 46.8 Å². The van der Waals surface area contributed by atoms with Crippen molar-refractivity contribution in [2.45, 2.75) is 70.3 Å². The Bertz CT molecular complexity index is 1570. The normalized spacial score (nSPS) is 18.0. The van der Waals surface area contributed by atoms with E-state index in [1.165, 1.54) is 92.2 Å². The molecule has 3 aromatic carbocycles. The highest BCUT2D eigenvalue weighted by Gasteiger charge is 2.30. The lowest BCUT2D eigenvalue weighted by molar-refractivity contribution is 0.0697. The van der Waals surface area contributed by atoms with Crippen molar-refractivity contribution < 1.29 is 14.6 Å². The summed E-state index contributed by atoms with van der Waals surface area (Å²) in [5.41, 5.74) is 8.92. The Hall–Kier alpha value is -3.57. The lowest BCUT2D eigenvalue weighted by Crippen LogP contribution is -2.31. The van der Waals surface area contributed by atoms with Gasteiger partial charge in [0.05, 0.1) is 17.8 Å². The third-order valence-electron chi connectivity index (χ3n) is 9.65. The van der Waals surface area contributed by atoms with Gasteiger partial charge in [0.1, 0.15) is 12.4 Å². The van der Waals surface area contributed by atoms with Gasteiger partial charge in [0.2, 0.25) is 0 Å². The van der Waals surface area contributed by atoms with E-state index in [1.54, 1.807) is 6.07 Å². The molecule has 1 aliphatic carbocycles. The van der Waals surface area contributed by atoms with Gasteiger partial charge in [0, 0.05) is 28.6 Å². The number of rotatable bonds is 6. The SMILES string of the molecule is O=C(O)c1ccc2c(C3CCCCC3)c3n(c2c1)CCOc1c(-c2ccccc2CCN2CCCCC2)cccc1-3. The van der Waals surface area contributed by atoms with Crippen molar-refractivity contribution in [1.29, 1.82) is 0 Å². The fraction of sp³-hybridized carbons (Fsp3) is 0.417. The van der Waals surface area contributed by atoms with E-state index in [4.69, 9.17) is 4.74 Å². The standard InChI is InChI=1S/C36H40N2O3/c39-36(40)27-16-17-30-32(24-27)38-22-23-41-35-29(14-9-15-31(35)34(38)33(30)26-11-3-1-4-12-26)28-13-6-5-10-25(28)18-21-37-19-7-2-8-20-37/h5-6,9-10,13-17,24,26H,1-4,7-8,11-12,18-23H2,(H,39,40). The quantitative estimate of drug-likeness (QED) is 0.264. The van der Waals surface area contributed by atoms with Crippen molar-refractivity contribution in [1.82, 2.24) is 9.47 Å². The summed E-state index contributed by atoms with van der Waals surface area (Å²) in [6.07, 6.45) is 11.2. The Labute approximate surface area is 242 Å². The second-order valence-corrected chi connectivity index (χ2v) is 12.1. The van der Waals surface area contributed by atoms with Crippen LogP contribution in [0.1, 0.15) is 78.8 Å². The molecule has 0 amide bonds. The largest absolute Gasteiger partial charge is 0.490 e. The second-order valence-electron chi connectivity index (χ2n) is 12.1. The molecule has 5 heteroatoms. The first-order valence-corrected chi connectivity index (χ1v) is 15.7. The molecule has 0 bridgehead atoms. The Kier molecular flexibility index (Phi) is 7.30. The molecule has 2 fully saturated rings. The van der Waals surface area contributed by atoms with Crippen molar-refractivity contribution in [3.05, 3.63) is 77.4 Å². The topological polar surface area (TPSA) is 54.7 Å². The number of carboxylic acids is 1. The molecule has 1 N–H and O–H groups in total. The Balaban J connectivity index is 1.37. The predicted octanol–water partition coefficient (Wildman–Crippen LogP) is 8.14. The van der Waals surface area contributed by atoms with Crippen LogP contribution in [0.3, 0.4) is 0 Å². The van der Waals surface area contributed by atoms with Gasteiger partial charge in [0.25, 0.3) is 0 Å². The van der Waals surface area contributed by atoms with Crippen LogP contribution in [0.2, 0.25) is 0 Å². The minimum atomic E-state index is -0.879. The van der Waals surface area contributed by atoms with E-state index in [0.29, 0.717) is 24.6 Å². The molecule has 3 aliphatic rings. The Morgan fingerprint density at radius 1 is 0.829 bits per heavy atom. The molecule has 1 aromatic heterocycles. The van der Waals surface area contributed by atoms with Crippen LogP contribution in [0.15, 0.2) is 60.7 Å². The van der Waals surface area contributed by atoms with Crippen molar-refractivity contribution >= 4 is 16.9 Å². The fourth-order valence-corrected chi connectivity index (χ4v) is 7.63. The summed E-state index contributed by atoms with van der Waals surface area (Å²) in [7, 11) is 0. The first kappa shape index (κ1) is 26.3. The molecule has 212 valence electrons. The lowest BCUT2D eigenvalue weighted by Gasteiger charge is -2.27. The van der Waals surface area contributed by atoms with Gasteiger partial charge in [-0.05, 0) is 86.0 Å². The number of ether oxygens (including phenoxy) is 1. The second kappa shape index (κ2) is 11.4. The number of nitrogens with zero attached hydrogens (tertiary/aromatic N) is 2. The fourth-order valence-electron chi connectivity index (χ4n) is 7.63. The highest BCUT2D eigenvalue weighted by atomic mass is 16.5. The van der Waals surface area contributed by atoms with Gasteiger partial charge >= 0.3 is 5.97 Å². The number of aromatic carboxylic acids is 1. The average Bonchev–Trinajstić information content (AvgIpc) is 3.21. The number of hydrogen-bond acceptors (Lipinski definition) is 3. The molecule has 0 unspecified atom stereocenters. The number of fused-ring (bicyclic) bond motifs is 5.